The summed E-state index contributed by atoms with van der Waals surface area (Å²) < 4.78 is 7.48. The third-order valence-electron chi connectivity index (χ3n) is 2.67. The molecule has 0 amide bonds. The Bertz CT molecular complexity index is 545. The van der Waals surface area contributed by atoms with Gasteiger partial charge in [-0.05, 0) is 19.1 Å². The molecule has 4 nitrogen and oxygen atoms in total. The molecule has 0 spiro atoms. The van der Waals surface area contributed by atoms with Crippen LogP contribution in [-0.2, 0) is 11.8 Å². The highest BCUT2D eigenvalue weighted by Crippen LogP contribution is 2.16. The lowest BCUT2D eigenvalue weighted by Crippen LogP contribution is -2.12. The van der Waals surface area contributed by atoms with Gasteiger partial charge >= 0.3 is 0 Å². The van der Waals surface area contributed by atoms with Crippen molar-refractivity contribution in [3.8, 4) is 0 Å². The number of aromatic nitrogens is 2. The van der Waals surface area contributed by atoms with Gasteiger partial charge in [0.15, 0.2) is 0 Å². The first kappa shape index (κ1) is 12.6. The second kappa shape index (κ2) is 5.69. The molecular formula is C14H19N3O. The monoisotopic (exact) mass is 245 g/mol. The molecule has 0 aliphatic heterocycles. The van der Waals surface area contributed by atoms with E-state index in [1.165, 1.54) is 0 Å². The normalized spacial score (nSPS) is 10.8. The van der Waals surface area contributed by atoms with Crippen molar-refractivity contribution in [2.75, 3.05) is 25.1 Å². The van der Waals surface area contributed by atoms with Crippen LogP contribution in [0.3, 0.4) is 0 Å². The van der Waals surface area contributed by atoms with E-state index in [9.17, 15) is 0 Å². The highest BCUT2D eigenvalue weighted by atomic mass is 16.5. The minimum atomic E-state index is 0.615. The number of hydrogen-bond donors (Lipinski definition) is 1. The molecular weight excluding hydrogens is 226 g/mol. The molecule has 2 rings (SSSR count). The lowest BCUT2D eigenvalue weighted by atomic mass is 10.3. The zero-order valence-electron chi connectivity index (χ0n) is 10.9. The van der Waals surface area contributed by atoms with Crippen molar-refractivity contribution in [2.45, 2.75) is 6.92 Å². The first-order chi connectivity index (χ1) is 8.68. The Balaban J connectivity index is 1.91. The Labute approximate surface area is 107 Å². The Kier molecular flexibility index (Phi) is 3.99. The van der Waals surface area contributed by atoms with Crippen LogP contribution in [0.2, 0.25) is 0 Å². The molecule has 0 aliphatic carbocycles. The van der Waals surface area contributed by atoms with Gasteiger partial charge in [0.2, 0.25) is 5.95 Å². The van der Waals surface area contributed by atoms with Gasteiger partial charge in [-0.2, -0.15) is 0 Å². The number of para-hydroxylation sites is 2. The zero-order chi connectivity index (χ0) is 13.0. The maximum atomic E-state index is 5.43. The number of nitrogens with zero attached hydrogens (tertiary/aromatic N) is 2. The molecule has 18 heavy (non-hydrogen) atoms. The summed E-state index contributed by atoms with van der Waals surface area (Å²) in [6, 6.07) is 8.09. The van der Waals surface area contributed by atoms with Crippen LogP contribution in [-0.4, -0.2) is 29.3 Å². The van der Waals surface area contributed by atoms with Crippen LogP contribution in [0, 0.1) is 0 Å². The summed E-state index contributed by atoms with van der Waals surface area (Å²) in [6.07, 6.45) is 0. The molecule has 96 valence electrons. The Morgan fingerprint density at radius 3 is 2.94 bits per heavy atom. The van der Waals surface area contributed by atoms with Crippen LogP contribution in [0.1, 0.15) is 6.92 Å². The van der Waals surface area contributed by atoms with E-state index in [0.29, 0.717) is 13.2 Å². The van der Waals surface area contributed by atoms with E-state index in [1.807, 2.05) is 36.7 Å². The van der Waals surface area contributed by atoms with Gasteiger partial charge in [0.05, 0.1) is 24.2 Å². The molecule has 0 aliphatic rings. The highest BCUT2D eigenvalue weighted by molar-refractivity contribution is 5.78. The predicted octanol–water partition coefficient (Wildman–Crippen LogP) is 2.58. The van der Waals surface area contributed by atoms with Crippen molar-refractivity contribution in [1.29, 1.82) is 0 Å². The molecule has 0 fully saturated rings. The van der Waals surface area contributed by atoms with E-state index in [2.05, 4.69) is 22.9 Å². The topological polar surface area (TPSA) is 39.1 Å². The lowest BCUT2D eigenvalue weighted by Gasteiger charge is -2.07. The second-order valence-electron chi connectivity index (χ2n) is 4.42. The molecule has 1 aromatic heterocycles. The van der Waals surface area contributed by atoms with E-state index in [4.69, 9.17) is 4.74 Å². The van der Waals surface area contributed by atoms with Gasteiger partial charge in [-0.15, -0.1) is 0 Å². The number of ether oxygens (including phenoxy) is 1. The molecule has 0 bridgehead atoms. The molecule has 1 aromatic carbocycles. The SMILES string of the molecule is C=C(C)COCCNc1nc2ccccc2n1C. The second-order valence-corrected chi connectivity index (χ2v) is 4.42. The van der Waals surface area contributed by atoms with E-state index in [-0.39, 0.29) is 0 Å². The third-order valence-corrected chi connectivity index (χ3v) is 2.67. The largest absolute Gasteiger partial charge is 0.375 e. The van der Waals surface area contributed by atoms with Crippen LogP contribution in [0.4, 0.5) is 5.95 Å². The average molecular weight is 245 g/mol. The Hall–Kier alpha value is -1.81. The van der Waals surface area contributed by atoms with Crippen LogP contribution < -0.4 is 5.32 Å². The molecule has 0 radical (unpaired) electrons. The van der Waals surface area contributed by atoms with Crippen LogP contribution in [0.15, 0.2) is 36.4 Å². The maximum absolute atomic E-state index is 5.43. The summed E-state index contributed by atoms with van der Waals surface area (Å²) in [7, 11) is 2.01. The van der Waals surface area contributed by atoms with Crippen molar-refractivity contribution < 1.29 is 4.74 Å². The van der Waals surface area contributed by atoms with Gasteiger partial charge in [-0.25, -0.2) is 4.98 Å². The predicted molar refractivity (Wildman–Crippen MR) is 74.8 cm³/mol. The smallest absolute Gasteiger partial charge is 0.203 e. The van der Waals surface area contributed by atoms with Crippen LogP contribution in [0.5, 0.6) is 0 Å². The van der Waals surface area contributed by atoms with Gasteiger partial charge in [0.1, 0.15) is 0 Å². The average Bonchev–Trinajstić information content (AvgIpc) is 2.66. The molecule has 1 N–H and O–H groups in total. The molecule has 2 aromatic rings. The highest BCUT2D eigenvalue weighted by Gasteiger charge is 2.05. The van der Waals surface area contributed by atoms with Crippen LogP contribution in [0.25, 0.3) is 11.0 Å². The number of imidazole rings is 1. The number of benzene rings is 1. The Morgan fingerprint density at radius 2 is 2.22 bits per heavy atom. The van der Waals surface area contributed by atoms with Crippen molar-refractivity contribution in [3.63, 3.8) is 0 Å². The van der Waals surface area contributed by atoms with Gasteiger partial charge in [0, 0.05) is 13.6 Å². The molecule has 0 atom stereocenters. The Morgan fingerprint density at radius 1 is 1.44 bits per heavy atom. The summed E-state index contributed by atoms with van der Waals surface area (Å²) in [5.41, 5.74) is 3.17. The van der Waals surface area contributed by atoms with Crippen molar-refractivity contribution in [2.24, 2.45) is 7.05 Å². The van der Waals surface area contributed by atoms with Crippen LogP contribution >= 0.6 is 0 Å². The standard InChI is InChI=1S/C14H19N3O/c1-11(2)10-18-9-8-15-14-16-12-6-4-5-7-13(12)17(14)3/h4-7H,1,8-10H2,2-3H3,(H,15,16). The number of hydrogen-bond acceptors (Lipinski definition) is 3. The van der Waals surface area contributed by atoms with E-state index < -0.39 is 0 Å². The quantitative estimate of drug-likeness (QED) is 0.628. The zero-order valence-corrected chi connectivity index (χ0v) is 10.9. The summed E-state index contributed by atoms with van der Waals surface area (Å²) in [4.78, 5) is 4.52. The minimum absolute atomic E-state index is 0.615. The van der Waals surface area contributed by atoms with Gasteiger partial charge in [0.25, 0.3) is 0 Å². The summed E-state index contributed by atoms with van der Waals surface area (Å²) in [5.74, 6) is 0.870. The fourth-order valence-corrected chi connectivity index (χ4v) is 1.79. The van der Waals surface area contributed by atoms with E-state index >= 15 is 0 Å². The third kappa shape index (κ3) is 2.90. The number of fused-ring (bicyclic) bond motifs is 1. The molecule has 4 heteroatoms. The molecule has 1 heterocycles. The fraction of sp³-hybridized carbons (Fsp3) is 0.357. The number of rotatable bonds is 6. The van der Waals surface area contributed by atoms with Gasteiger partial charge in [-0.1, -0.05) is 24.3 Å². The summed E-state index contributed by atoms with van der Waals surface area (Å²) in [5, 5.41) is 3.27. The maximum Gasteiger partial charge on any atom is 0.203 e. The number of anilines is 1. The van der Waals surface area contributed by atoms with Gasteiger partial charge < -0.3 is 14.6 Å². The van der Waals surface area contributed by atoms with E-state index in [1.54, 1.807) is 0 Å². The minimum Gasteiger partial charge on any atom is -0.375 e. The van der Waals surface area contributed by atoms with E-state index in [0.717, 1.165) is 29.1 Å². The first-order valence-electron chi connectivity index (χ1n) is 6.06. The first-order valence-corrected chi connectivity index (χ1v) is 6.06. The fourth-order valence-electron chi connectivity index (χ4n) is 1.79. The molecule has 0 unspecified atom stereocenters. The van der Waals surface area contributed by atoms with Crippen molar-refractivity contribution >= 4 is 17.0 Å². The van der Waals surface area contributed by atoms with Crippen molar-refractivity contribution in [3.05, 3.63) is 36.4 Å². The van der Waals surface area contributed by atoms with Crippen molar-refractivity contribution in [1.82, 2.24) is 9.55 Å². The molecule has 0 saturated carbocycles. The number of aryl methyl sites for hydroxylation is 1. The summed E-state index contributed by atoms with van der Waals surface area (Å²) >= 11 is 0. The summed E-state index contributed by atoms with van der Waals surface area (Å²) in [6.45, 7) is 7.75. The lowest BCUT2D eigenvalue weighted by molar-refractivity contribution is 0.167. The molecule has 0 saturated heterocycles. The van der Waals surface area contributed by atoms with Gasteiger partial charge in [-0.3, -0.25) is 0 Å². The number of nitrogens with one attached hydrogen (secondary N) is 1.